The minimum absolute atomic E-state index is 0.0291. The molecular formula is C24H28N2O4. The van der Waals surface area contributed by atoms with E-state index in [1.165, 1.54) is 6.92 Å². The van der Waals surface area contributed by atoms with Gasteiger partial charge in [-0.2, -0.15) is 0 Å². The Morgan fingerprint density at radius 1 is 1.07 bits per heavy atom. The third-order valence-electron chi connectivity index (χ3n) is 5.28. The van der Waals surface area contributed by atoms with Crippen LogP contribution in [0.15, 0.2) is 48.5 Å². The maximum Gasteiger partial charge on any atom is 0.308 e. The number of carbonyl (C=O) groups excluding carboxylic acids is 3. The maximum absolute atomic E-state index is 12.8. The van der Waals surface area contributed by atoms with Crippen LogP contribution in [0.25, 0.3) is 0 Å². The molecule has 0 unspecified atom stereocenters. The maximum atomic E-state index is 12.8. The minimum Gasteiger partial charge on any atom is -0.427 e. The Labute approximate surface area is 177 Å². The third kappa shape index (κ3) is 6.17. The summed E-state index contributed by atoms with van der Waals surface area (Å²) in [5.74, 6) is 0.291. The molecule has 0 bridgehead atoms. The van der Waals surface area contributed by atoms with Gasteiger partial charge < -0.3 is 15.0 Å². The van der Waals surface area contributed by atoms with Crippen LogP contribution in [-0.2, 0) is 16.0 Å². The van der Waals surface area contributed by atoms with Crippen LogP contribution in [0.4, 0.5) is 0 Å². The number of hydrogen-bond acceptors (Lipinski definition) is 4. The first-order valence-corrected chi connectivity index (χ1v) is 10.3. The number of carbonyl (C=O) groups is 3. The first-order valence-electron chi connectivity index (χ1n) is 10.3. The van der Waals surface area contributed by atoms with Crippen molar-refractivity contribution in [1.29, 1.82) is 0 Å². The molecule has 0 saturated carbocycles. The van der Waals surface area contributed by atoms with Crippen LogP contribution in [0.3, 0.4) is 0 Å². The van der Waals surface area contributed by atoms with Crippen LogP contribution < -0.4 is 10.1 Å². The molecule has 1 aliphatic heterocycles. The fraction of sp³-hybridized carbons (Fsp3) is 0.375. The summed E-state index contributed by atoms with van der Waals surface area (Å²) in [7, 11) is 0. The van der Waals surface area contributed by atoms with E-state index in [9.17, 15) is 14.4 Å². The van der Waals surface area contributed by atoms with E-state index in [-0.39, 0.29) is 11.8 Å². The number of ether oxygens (including phenoxy) is 1. The topological polar surface area (TPSA) is 75.7 Å². The Morgan fingerprint density at radius 3 is 2.50 bits per heavy atom. The van der Waals surface area contributed by atoms with Gasteiger partial charge in [-0.1, -0.05) is 35.9 Å². The Kier molecular flexibility index (Phi) is 7.22. The number of benzene rings is 2. The number of rotatable bonds is 6. The number of likely N-dealkylation sites (tertiary alicyclic amines) is 1. The van der Waals surface area contributed by atoms with Crippen molar-refractivity contribution in [1.82, 2.24) is 10.2 Å². The van der Waals surface area contributed by atoms with Crippen LogP contribution in [0, 0.1) is 12.8 Å². The highest BCUT2D eigenvalue weighted by molar-refractivity contribution is 5.94. The fourth-order valence-electron chi connectivity index (χ4n) is 3.71. The van der Waals surface area contributed by atoms with Gasteiger partial charge in [0.2, 0.25) is 5.91 Å². The predicted octanol–water partition coefficient (Wildman–Crippen LogP) is 3.13. The molecule has 0 atom stereocenters. The summed E-state index contributed by atoms with van der Waals surface area (Å²) in [4.78, 5) is 37.9. The quantitative estimate of drug-likeness (QED) is 0.589. The van der Waals surface area contributed by atoms with E-state index in [1.807, 2.05) is 36.1 Å². The molecule has 1 N–H and O–H groups in total. The van der Waals surface area contributed by atoms with Gasteiger partial charge in [0.05, 0.1) is 6.42 Å². The van der Waals surface area contributed by atoms with Gasteiger partial charge in [-0.05, 0) is 49.4 Å². The molecule has 1 saturated heterocycles. The average Bonchev–Trinajstić information content (AvgIpc) is 2.72. The first-order chi connectivity index (χ1) is 14.4. The fourth-order valence-corrected chi connectivity index (χ4v) is 3.71. The van der Waals surface area contributed by atoms with Crippen molar-refractivity contribution < 1.29 is 19.1 Å². The standard InChI is InChI=1S/C24H28N2O4/c1-17-5-3-6-20(13-17)14-23(28)25-16-19-9-11-26(12-10-19)24(29)21-7-4-8-22(15-21)30-18(2)27/h3-8,13,15,19H,9-12,14,16H2,1-2H3,(H,25,28). The smallest absolute Gasteiger partial charge is 0.308 e. The summed E-state index contributed by atoms with van der Waals surface area (Å²) in [6.07, 6.45) is 2.08. The first kappa shape index (κ1) is 21.6. The second-order valence-electron chi connectivity index (χ2n) is 7.83. The van der Waals surface area contributed by atoms with Crippen LogP contribution in [0.5, 0.6) is 5.75 Å². The van der Waals surface area contributed by atoms with Crippen molar-refractivity contribution in [2.24, 2.45) is 5.92 Å². The van der Waals surface area contributed by atoms with Crippen LogP contribution in [-0.4, -0.2) is 42.3 Å². The number of aryl methyl sites for hydroxylation is 1. The highest BCUT2D eigenvalue weighted by Crippen LogP contribution is 2.21. The predicted molar refractivity (Wildman–Crippen MR) is 114 cm³/mol. The largest absolute Gasteiger partial charge is 0.427 e. The number of piperidine rings is 1. The Balaban J connectivity index is 1.45. The molecule has 0 radical (unpaired) electrons. The van der Waals surface area contributed by atoms with Gasteiger partial charge in [0, 0.05) is 32.1 Å². The zero-order valence-corrected chi connectivity index (χ0v) is 17.5. The monoisotopic (exact) mass is 408 g/mol. The second-order valence-corrected chi connectivity index (χ2v) is 7.83. The molecule has 2 aromatic rings. The molecule has 3 rings (SSSR count). The van der Waals surface area contributed by atoms with Crippen molar-refractivity contribution in [2.75, 3.05) is 19.6 Å². The van der Waals surface area contributed by atoms with Crippen LogP contribution in [0.2, 0.25) is 0 Å². The zero-order chi connectivity index (χ0) is 21.5. The van der Waals surface area contributed by atoms with E-state index in [1.54, 1.807) is 24.3 Å². The van der Waals surface area contributed by atoms with Crippen molar-refractivity contribution in [2.45, 2.75) is 33.1 Å². The van der Waals surface area contributed by atoms with E-state index in [0.717, 1.165) is 24.0 Å². The van der Waals surface area contributed by atoms with Gasteiger partial charge in [0.25, 0.3) is 5.91 Å². The van der Waals surface area contributed by atoms with E-state index in [2.05, 4.69) is 5.32 Å². The molecular weight excluding hydrogens is 380 g/mol. The lowest BCUT2D eigenvalue weighted by molar-refractivity contribution is -0.131. The average molecular weight is 408 g/mol. The van der Waals surface area contributed by atoms with E-state index in [4.69, 9.17) is 4.74 Å². The normalized spacial score (nSPS) is 14.3. The van der Waals surface area contributed by atoms with Gasteiger partial charge in [-0.25, -0.2) is 0 Å². The zero-order valence-electron chi connectivity index (χ0n) is 17.5. The summed E-state index contributed by atoms with van der Waals surface area (Å²) >= 11 is 0. The van der Waals surface area contributed by atoms with Gasteiger partial charge in [0.1, 0.15) is 5.75 Å². The summed E-state index contributed by atoms with van der Waals surface area (Å²) in [6.45, 7) is 5.28. The van der Waals surface area contributed by atoms with Crippen molar-refractivity contribution >= 4 is 17.8 Å². The molecule has 1 aliphatic rings. The number of amides is 2. The summed E-state index contributed by atoms with van der Waals surface area (Å²) in [5, 5.41) is 3.03. The molecule has 2 amide bonds. The molecule has 1 fully saturated rings. The molecule has 158 valence electrons. The highest BCUT2D eigenvalue weighted by atomic mass is 16.5. The Morgan fingerprint density at radius 2 is 1.80 bits per heavy atom. The molecule has 2 aromatic carbocycles. The molecule has 30 heavy (non-hydrogen) atoms. The van der Waals surface area contributed by atoms with Crippen molar-refractivity contribution in [3.8, 4) is 5.75 Å². The third-order valence-corrected chi connectivity index (χ3v) is 5.28. The van der Waals surface area contributed by atoms with Crippen LogP contribution in [0.1, 0.15) is 41.3 Å². The molecule has 0 spiro atoms. The van der Waals surface area contributed by atoms with Crippen molar-refractivity contribution in [3.05, 3.63) is 65.2 Å². The number of nitrogens with one attached hydrogen (secondary N) is 1. The van der Waals surface area contributed by atoms with Gasteiger partial charge in [-0.3, -0.25) is 14.4 Å². The number of hydrogen-bond donors (Lipinski definition) is 1. The second kappa shape index (κ2) is 10.1. The lowest BCUT2D eigenvalue weighted by atomic mass is 9.96. The van der Waals surface area contributed by atoms with Gasteiger partial charge in [-0.15, -0.1) is 0 Å². The summed E-state index contributed by atoms with van der Waals surface area (Å²) in [5.41, 5.74) is 2.68. The molecule has 6 heteroatoms. The van der Waals surface area contributed by atoms with Gasteiger partial charge in [0.15, 0.2) is 0 Å². The van der Waals surface area contributed by atoms with E-state index in [0.29, 0.717) is 43.3 Å². The SMILES string of the molecule is CC(=O)Oc1cccc(C(=O)N2CCC(CNC(=O)Cc3cccc(C)c3)CC2)c1. The van der Waals surface area contributed by atoms with E-state index >= 15 is 0 Å². The van der Waals surface area contributed by atoms with Gasteiger partial charge >= 0.3 is 5.97 Å². The molecule has 6 nitrogen and oxygen atoms in total. The number of esters is 1. The Bertz CT molecular complexity index is 917. The minimum atomic E-state index is -0.412. The lowest BCUT2D eigenvalue weighted by Gasteiger charge is -2.32. The van der Waals surface area contributed by atoms with Crippen molar-refractivity contribution in [3.63, 3.8) is 0 Å². The molecule has 1 heterocycles. The molecule has 0 aliphatic carbocycles. The lowest BCUT2D eigenvalue weighted by Crippen LogP contribution is -2.41. The number of nitrogens with zero attached hydrogens (tertiary/aromatic N) is 1. The van der Waals surface area contributed by atoms with E-state index < -0.39 is 5.97 Å². The van der Waals surface area contributed by atoms with Crippen LogP contribution >= 0.6 is 0 Å². The Hall–Kier alpha value is -3.15. The summed E-state index contributed by atoms with van der Waals surface area (Å²) in [6, 6.07) is 14.7. The molecule has 0 aromatic heterocycles. The highest BCUT2D eigenvalue weighted by Gasteiger charge is 2.24. The summed E-state index contributed by atoms with van der Waals surface area (Å²) < 4.78 is 5.06.